The van der Waals surface area contributed by atoms with Gasteiger partial charge in [0.05, 0.1) is 21.3 Å². The lowest BCUT2D eigenvalue weighted by atomic mass is 9.96. The standard InChI is InChI=1S/C26H34N4O5/c1-16-6-7-19(17(2)12-16)20-15-21(28-27-20)26(32)30-10-8-29(9-11-30)25(31)18-13-22(33-3)24(35-5)23(14-18)34-4/h6-7,12-14,20-21,27-28H,8-11,15H2,1-5H3. The Balaban J connectivity index is 1.36. The maximum absolute atomic E-state index is 13.2. The molecule has 2 saturated heterocycles. The molecular weight excluding hydrogens is 448 g/mol. The molecule has 9 heteroatoms. The Hall–Kier alpha value is -3.30. The number of hydrogen-bond acceptors (Lipinski definition) is 7. The smallest absolute Gasteiger partial charge is 0.254 e. The van der Waals surface area contributed by atoms with Crippen molar-refractivity contribution in [1.82, 2.24) is 20.7 Å². The van der Waals surface area contributed by atoms with Crippen molar-refractivity contribution < 1.29 is 23.8 Å². The van der Waals surface area contributed by atoms with Crippen LogP contribution < -0.4 is 25.1 Å². The second-order valence-electron chi connectivity index (χ2n) is 9.02. The highest BCUT2D eigenvalue weighted by atomic mass is 16.5. The summed E-state index contributed by atoms with van der Waals surface area (Å²) in [5, 5.41) is 0. The van der Waals surface area contributed by atoms with Gasteiger partial charge in [0.15, 0.2) is 11.5 Å². The molecule has 35 heavy (non-hydrogen) atoms. The summed E-state index contributed by atoms with van der Waals surface area (Å²) in [6.45, 7) is 6.07. The molecule has 0 saturated carbocycles. The first-order valence-electron chi connectivity index (χ1n) is 11.8. The minimum atomic E-state index is -0.293. The van der Waals surface area contributed by atoms with Crippen LogP contribution in [0.15, 0.2) is 30.3 Å². The van der Waals surface area contributed by atoms with Crippen molar-refractivity contribution in [2.24, 2.45) is 0 Å². The molecule has 0 bridgehead atoms. The van der Waals surface area contributed by atoms with Crippen LogP contribution in [0.2, 0.25) is 0 Å². The summed E-state index contributed by atoms with van der Waals surface area (Å²) in [6.07, 6.45) is 0.688. The third kappa shape index (κ3) is 5.06. The van der Waals surface area contributed by atoms with E-state index in [1.165, 1.54) is 38.0 Å². The summed E-state index contributed by atoms with van der Waals surface area (Å²) < 4.78 is 16.1. The topological polar surface area (TPSA) is 92.4 Å². The molecule has 2 heterocycles. The molecule has 4 rings (SSSR count). The van der Waals surface area contributed by atoms with E-state index in [2.05, 4.69) is 42.9 Å². The molecule has 2 amide bonds. The molecule has 2 N–H and O–H groups in total. The lowest BCUT2D eigenvalue weighted by Crippen LogP contribution is -2.54. The Morgan fingerprint density at radius 3 is 2.06 bits per heavy atom. The molecule has 0 radical (unpaired) electrons. The third-order valence-electron chi connectivity index (χ3n) is 6.79. The number of carbonyl (C=O) groups excluding carboxylic acids is 2. The summed E-state index contributed by atoms with van der Waals surface area (Å²) in [7, 11) is 4.57. The fourth-order valence-electron chi connectivity index (χ4n) is 4.88. The van der Waals surface area contributed by atoms with Gasteiger partial charge >= 0.3 is 0 Å². The summed E-state index contributed by atoms with van der Waals surface area (Å²) in [5.74, 6) is 1.24. The molecule has 0 aromatic heterocycles. The molecular formula is C26H34N4O5. The number of rotatable bonds is 6. The monoisotopic (exact) mass is 482 g/mol. The zero-order chi connectivity index (χ0) is 25.1. The summed E-state index contributed by atoms with van der Waals surface area (Å²) in [4.78, 5) is 29.9. The molecule has 9 nitrogen and oxygen atoms in total. The number of piperazine rings is 1. The van der Waals surface area contributed by atoms with E-state index >= 15 is 0 Å². The first-order chi connectivity index (χ1) is 16.9. The number of nitrogens with one attached hydrogen (secondary N) is 2. The highest BCUT2D eigenvalue weighted by Gasteiger charge is 2.35. The van der Waals surface area contributed by atoms with Gasteiger partial charge in [-0.2, -0.15) is 0 Å². The van der Waals surface area contributed by atoms with E-state index < -0.39 is 0 Å². The van der Waals surface area contributed by atoms with Crippen molar-refractivity contribution in [3.8, 4) is 17.2 Å². The lowest BCUT2D eigenvalue weighted by molar-refractivity contribution is -0.134. The molecule has 2 aromatic rings. The second kappa shape index (κ2) is 10.5. The first kappa shape index (κ1) is 24.8. The predicted octanol–water partition coefficient (Wildman–Crippen LogP) is 2.22. The first-order valence-corrected chi connectivity index (χ1v) is 11.8. The number of carbonyl (C=O) groups is 2. The highest BCUT2D eigenvalue weighted by molar-refractivity contribution is 5.96. The maximum atomic E-state index is 13.2. The Bertz CT molecular complexity index is 1070. The molecule has 2 atom stereocenters. The average molecular weight is 483 g/mol. The third-order valence-corrected chi connectivity index (χ3v) is 6.79. The van der Waals surface area contributed by atoms with Gasteiger partial charge in [0.25, 0.3) is 5.91 Å². The van der Waals surface area contributed by atoms with Crippen molar-refractivity contribution >= 4 is 11.8 Å². The van der Waals surface area contributed by atoms with Gasteiger partial charge in [0.1, 0.15) is 6.04 Å². The Kier molecular flexibility index (Phi) is 7.47. The molecule has 2 fully saturated rings. The van der Waals surface area contributed by atoms with Crippen LogP contribution in [0.3, 0.4) is 0 Å². The van der Waals surface area contributed by atoms with Gasteiger partial charge in [-0.05, 0) is 43.5 Å². The van der Waals surface area contributed by atoms with Crippen LogP contribution in [0.5, 0.6) is 17.2 Å². The SMILES string of the molecule is COc1cc(C(=O)N2CCN(C(=O)C3CC(c4ccc(C)cc4C)NN3)CC2)cc(OC)c1OC. The van der Waals surface area contributed by atoms with Crippen LogP contribution in [0.25, 0.3) is 0 Å². The lowest BCUT2D eigenvalue weighted by Gasteiger charge is -2.36. The van der Waals surface area contributed by atoms with E-state index in [4.69, 9.17) is 14.2 Å². The number of methoxy groups -OCH3 is 3. The summed E-state index contributed by atoms with van der Waals surface area (Å²) in [6, 6.07) is 9.50. The largest absolute Gasteiger partial charge is 0.493 e. The zero-order valence-corrected chi connectivity index (χ0v) is 21.0. The zero-order valence-electron chi connectivity index (χ0n) is 21.0. The van der Waals surface area contributed by atoms with Gasteiger partial charge < -0.3 is 24.0 Å². The van der Waals surface area contributed by atoms with Crippen LogP contribution in [-0.2, 0) is 4.79 Å². The molecule has 2 unspecified atom stereocenters. The number of aryl methyl sites for hydroxylation is 2. The fraction of sp³-hybridized carbons (Fsp3) is 0.462. The molecule has 0 aliphatic carbocycles. The Morgan fingerprint density at radius 1 is 0.857 bits per heavy atom. The molecule has 2 aliphatic heterocycles. The van der Waals surface area contributed by atoms with E-state index in [0.717, 1.165) is 0 Å². The number of amides is 2. The maximum Gasteiger partial charge on any atom is 0.254 e. The Morgan fingerprint density at radius 2 is 1.49 bits per heavy atom. The van der Waals surface area contributed by atoms with Crippen LogP contribution >= 0.6 is 0 Å². The quantitative estimate of drug-likeness (QED) is 0.652. The van der Waals surface area contributed by atoms with E-state index in [0.29, 0.717) is 55.4 Å². The van der Waals surface area contributed by atoms with E-state index in [1.54, 1.807) is 17.0 Å². The van der Waals surface area contributed by atoms with Crippen molar-refractivity contribution in [3.63, 3.8) is 0 Å². The van der Waals surface area contributed by atoms with Crippen LogP contribution in [-0.4, -0.2) is 75.2 Å². The summed E-state index contributed by atoms with van der Waals surface area (Å²) in [5.41, 5.74) is 10.6. The van der Waals surface area contributed by atoms with Gasteiger partial charge in [-0.3, -0.25) is 9.59 Å². The number of hydrazine groups is 1. The predicted molar refractivity (Wildman–Crippen MR) is 132 cm³/mol. The fourth-order valence-corrected chi connectivity index (χ4v) is 4.88. The van der Waals surface area contributed by atoms with Gasteiger partial charge in [-0.15, -0.1) is 0 Å². The molecule has 188 valence electrons. The van der Waals surface area contributed by atoms with Gasteiger partial charge in [-0.25, -0.2) is 10.9 Å². The van der Waals surface area contributed by atoms with Crippen LogP contribution in [0, 0.1) is 13.8 Å². The van der Waals surface area contributed by atoms with Gasteiger partial charge in [-0.1, -0.05) is 23.8 Å². The Labute approximate surface area is 206 Å². The number of hydrogen-bond donors (Lipinski definition) is 2. The van der Waals surface area contributed by atoms with Crippen molar-refractivity contribution in [1.29, 1.82) is 0 Å². The van der Waals surface area contributed by atoms with E-state index in [-0.39, 0.29) is 23.9 Å². The molecule has 2 aromatic carbocycles. The number of ether oxygens (including phenoxy) is 3. The van der Waals surface area contributed by atoms with Gasteiger partial charge in [0, 0.05) is 37.8 Å². The minimum Gasteiger partial charge on any atom is -0.493 e. The normalized spacial score (nSPS) is 20.0. The van der Waals surface area contributed by atoms with E-state index in [9.17, 15) is 9.59 Å². The molecule has 2 aliphatic rings. The van der Waals surface area contributed by atoms with Crippen molar-refractivity contribution in [3.05, 3.63) is 52.6 Å². The van der Waals surface area contributed by atoms with Gasteiger partial charge in [0.2, 0.25) is 11.7 Å². The average Bonchev–Trinajstić information content (AvgIpc) is 3.36. The van der Waals surface area contributed by atoms with E-state index in [1.807, 2.05) is 4.90 Å². The van der Waals surface area contributed by atoms with Crippen molar-refractivity contribution in [2.45, 2.75) is 32.4 Å². The second-order valence-corrected chi connectivity index (χ2v) is 9.02. The van der Waals surface area contributed by atoms with Crippen LogP contribution in [0.4, 0.5) is 0 Å². The van der Waals surface area contributed by atoms with Crippen molar-refractivity contribution in [2.75, 3.05) is 47.5 Å². The number of nitrogens with zero attached hydrogens (tertiary/aromatic N) is 2. The molecule has 0 spiro atoms. The highest BCUT2D eigenvalue weighted by Crippen LogP contribution is 2.38. The minimum absolute atomic E-state index is 0.0599. The number of benzene rings is 2. The van der Waals surface area contributed by atoms with Crippen LogP contribution in [0.1, 0.15) is 39.5 Å². The summed E-state index contributed by atoms with van der Waals surface area (Å²) >= 11 is 0.